The number of hydrogen-bond donors (Lipinski definition) is 4. The number of nitrogens with zero attached hydrogens (tertiary/aromatic N) is 1. The van der Waals surface area contributed by atoms with E-state index in [9.17, 15) is 18.0 Å². The van der Waals surface area contributed by atoms with Gasteiger partial charge in [-0.3, -0.25) is 15.0 Å². The fraction of sp³-hybridized carbons (Fsp3) is 0.382. The van der Waals surface area contributed by atoms with Gasteiger partial charge in [0, 0.05) is 32.1 Å². The number of nitrogens with two attached hydrogens (primary N) is 1. The van der Waals surface area contributed by atoms with Gasteiger partial charge in [-0.1, -0.05) is 61.5 Å². The molecule has 0 spiro atoms. The van der Waals surface area contributed by atoms with Crippen LogP contribution in [0.1, 0.15) is 55.7 Å². The van der Waals surface area contributed by atoms with Crippen molar-refractivity contribution in [3.63, 3.8) is 0 Å². The van der Waals surface area contributed by atoms with E-state index in [0.717, 1.165) is 43.2 Å². The molecule has 234 valence electrons. The van der Waals surface area contributed by atoms with Gasteiger partial charge in [-0.2, -0.15) is 4.72 Å². The van der Waals surface area contributed by atoms with Crippen LogP contribution in [0.2, 0.25) is 0 Å². The number of amides is 2. The molecule has 0 aromatic heterocycles. The van der Waals surface area contributed by atoms with Crippen molar-refractivity contribution >= 4 is 27.7 Å². The van der Waals surface area contributed by atoms with Crippen molar-refractivity contribution in [3.8, 4) is 11.1 Å². The summed E-state index contributed by atoms with van der Waals surface area (Å²) in [6.45, 7) is 3.14. The van der Waals surface area contributed by atoms with Crippen molar-refractivity contribution in [2.24, 2.45) is 11.7 Å². The minimum absolute atomic E-state index is 0.0292. The highest BCUT2D eigenvalue weighted by Crippen LogP contribution is 2.26. The summed E-state index contributed by atoms with van der Waals surface area (Å²) in [5.74, 6) is 0.0660. The number of carbonyl (C=O) groups is 2. The molecule has 0 unspecified atom stereocenters. The van der Waals surface area contributed by atoms with Crippen molar-refractivity contribution in [2.45, 2.75) is 62.8 Å². The van der Waals surface area contributed by atoms with Gasteiger partial charge in [0.05, 0.1) is 4.90 Å². The van der Waals surface area contributed by atoms with Crippen LogP contribution in [0.3, 0.4) is 0 Å². The zero-order chi connectivity index (χ0) is 31.7. The van der Waals surface area contributed by atoms with E-state index >= 15 is 0 Å². The zero-order valence-corrected chi connectivity index (χ0v) is 26.3. The lowest BCUT2D eigenvalue weighted by Gasteiger charge is -2.34. The molecule has 5 N–H and O–H groups in total. The molecule has 1 aliphatic rings. The van der Waals surface area contributed by atoms with E-state index < -0.39 is 16.1 Å². The first-order valence-corrected chi connectivity index (χ1v) is 16.7. The predicted octanol–water partition coefficient (Wildman–Crippen LogP) is 4.24. The zero-order valence-electron chi connectivity index (χ0n) is 25.5. The molecule has 0 radical (unpaired) electrons. The van der Waals surface area contributed by atoms with E-state index in [1.807, 2.05) is 30.3 Å². The normalized spacial score (nSPS) is 14.6. The first-order chi connectivity index (χ1) is 21.1. The monoisotopic (exact) mass is 617 g/mol. The van der Waals surface area contributed by atoms with E-state index in [-0.39, 0.29) is 29.0 Å². The lowest BCUT2D eigenvalue weighted by atomic mass is 9.91. The first kappa shape index (κ1) is 32.9. The Labute approximate surface area is 260 Å². The van der Waals surface area contributed by atoms with Crippen LogP contribution < -0.4 is 15.8 Å². The third-order valence-electron chi connectivity index (χ3n) is 8.33. The molecule has 10 heteroatoms. The number of aryl methyl sites for hydroxylation is 1. The Bertz CT molecular complexity index is 1560. The standard InChI is InChI=1S/C34H43N5O4S/c1-3-24-13-15-27(16-14-24)28-9-6-11-30(23-28)44(42,43)38-31(22-26-8-4-10-29(21-26)33(35)36)34(41)39-19-17-25(18-20-39)7-5-12-32(40)37-2/h4,6,8-11,13-16,21,23,25,31,38H,3,5,7,12,17-20,22H2,1-2H3,(H3,35,36)(H,37,40)/t31-/m1/s1. The number of nitrogens with one attached hydrogen (secondary N) is 3. The fourth-order valence-corrected chi connectivity index (χ4v) is 6.89. The SMILES string of the molecule is CCc1ccc(-c2cccc(S(=O)(=O)N[C@H](Cc3cccc(C(=N)N)c3)C(=O)N3CCC(CCCC(=O)NC)CC3)c2)cc1. The van der Waals surface area contributed by atoms with Crippen LogP contribution in [0.4, 0.5) is 0 Å². The van der Waals surface area contributed by atoms with E-state index in [0.29, 0.717) is 36.6 Å². The number of sulfonamides is 1. The summed E-state index contributed by atoms with van der Waals surface area (Å²) in [5, 5.41) is 10.4. The van der Waals surface area contributed by atoms with Crippen molar-refractivity contribution < 1.29 is 18.0 Å². The first-order valence-electron chi connectivity index (χ1n) is 15.2. The number of benzene rings is 3. The van der Waals surface area contributed by atoms with Gasteiger partial charge in [-0.05, 0) is 84.9 Å². The van der Waals surface area contributed by atoms with Gasteiger partial charge >= 0.3 is 0 Å². The van der Waals surface area contributed by atoms with Gasteiger partial charge in [0.25, 0.3) is 0 Å². The molecule has 0 aliphatic carbocycles. The summed E-state index contributed by atoms with van der Waals surface area (Å²) in [4.78, 5) is 27.3. The molecule has 9 nitrogen and oxygen atoms in total. The molecular weight excluding hydrogens is 574 g/mol. The quantitative estimate of drug-likeness (QED) is 0.167. The summed E-state index contributed by atoms with van der Waals surface area (Å²) < 4.78 is 30.2. The Kier molecular flexibility index (Phi) is 11.3. The molecule has 1 heterocycles. The Balaban J connectivity index is 1.53. The van der Waals surface area contributed by atoms with E-state index in [2.05, 4.69) is 17.0 Å². The highest BCUT2D eigenvalue weighted by Gasteiger charge is 2.32. The van der Waals surface area contributed by atoms with Crippen LogP contribution >= 0.6 is 0 Å². The number of hydrogen-bond acceptors (Lipinski definition) is 5. The minimum Gasteiger partial charge on any atom is -0.384 e. The number of nitrogen functional groups attached to an aromatic ring is 1. The molecule has 1 saturated heterocycles. The maximum Gasteiger partial charge on any atom is 0.241 e. The lowest BCUT2D eigenvalue weighted by molar-refractivity contribution is -0.134. The van der Waals surface area contributed by atoms with Gasteiger partial charge < -0.3 is 16.0 Å². The van der Waals surface area contributed by atoms with Crippen LogP contribution in [-0.4, -0.2) is 57.1 Å². The molecule has 3 aromatic rings. The Hall–Kier alpha value is -4.02. The molecule has 0 saturated carbocycles. The highest BCUT2D eigenvalue weighted by atomic mass is 32.2. The molecule has 1 fully saturated rings. The second-order valence-corrected chi connectivity index (χ2v) is 13.1. The largest absolute Gasteiger partial charge is 0.384 e. The molecule has 4 rings (SSSR count). The number of likely N-dealkylation sites (tertiary alicyclic amines) is 1. The van der Waals surface area contributed by atoms with Gasteiger partial charge in [-0.25, -0.2) is 8.42 Å². The average molecular weight is 618 g/mol. The number of carbonyl (C=O) groups excluding carboxylic acids is 2. The highest BCUT2D eigenvalue weighted by molar-refractivity contribution is 7.89. The third kappa shape index (κ3) is 8.76. The summed E-state index contributed by atoms with van der Waals surface area (Å²) >= 11 is 0. The third-order valence-corrected chi connectivity index (χ3v) is 9.80. The van der Waals surface area contributed by atoms with E-state index in [4.69, 9.17) is 11.1 Å². The second-order valence-electron chi connectivity index (χ2n) is 11.4. The van der Waals surface area contributed by atoms with Crippen LogP contribution in [0.15, 0.2) is 77.7 Å². The molecule has 3 aromatic carbocycles. The van der Waals surface area contributed by atoms with Gasteiger partial charge in [0.1, 0.15) is 11.9 Å². The second kappa shape index (κ2) is 15.1. The molecule has 1 atom stereocenters. The maximum atomic E-state index is 13.9. The van der Waals surface area contributed by atoms with Gasteiger partial charge in [0.15, 0.2) is 0 Å². The number of amidine groups is 1. The smallest absolute Gasteiger partial charge is 0.241 e. The van der Waals surface area contributed by atoms with Crippen molar-refractivity contribution in [3.05, 3.63) is 89.5 Å². The average Bonchev–Trinajstić information content (AvgIpc) is 3.04. The Morgan fingerprint density at radius 2 is 1.68 bits per heavy atom. The Morgan fingerprint density at radius 3 is 2.34 bits per heavy atom. The van der Waals surface area contributed by atoms with Crippen molar-refractivity contribution in [2.75, 3.05) is 20.1 Å². The Morgan fingerprint density at radius 1 is 0.977 bits per heavy atom. The topological polar surface area (TPSA) is 145 Å². The van der Waals surface area contributed by atoms with E-state index in [1.54, 1.807) is 48.3 Å². The van der Waals surface area contributed by atoms with Crippen LogP contribution in [0, 0.1) is 11.3 Å². The minimum atomic E-state index is -4.07. The van der Waals surface area contributed by atoms with E-state index in [1.165, 1.54) is 11.6 Å². The van der Waals surface area contributed by atoms with Gasteiger partial charge in [0.2, 0.25) is 21.8 Å². The summed E-state index contributed by atoms with van der Waals surface area (Å²) in [6.07, 6.45) is 4.84. The summed E-state index contributed by atoms with van der Waals surface area (Å²) in [7, 11) is -2.43. The number of piperidine rings is 1. The molecule has 2 amide bonds. The van der Waals surface area contributed by atoms with Crippen LogP contribution in [0.5, 0.6) is 0 Å². The van der Waals surface area contributed by atoms with Crippen molar-refractivity contribution in [1.82, 2.24) is 14.9 Å². The lowest BCUT2D eigenvalue weighted by Crippen LogP contribution is -2.51. The molecule has 0 bridgehead atoms. The maximum absolute atomic E-state index is 13.9. The van der Waals surface area contributed by atoms with Crippen LogP contribution in [-0.2, 0) is 32.5 Å². The van der Waals surface area contributed by atoms with Gasteiger partial charge in [-0.15, -0.1) is 0 Å². The van der Waals surface area contributed by atoms with Crippen molar-refractivity contribution in [1.29, 1.82) is 5.41 Å². The van der Waals surface area contributed by atoms with Crippen LogP contribution in [0.25, 0.3) is 11.1 Å². The predicted molar refractivity (Wildman–Crippen MR) is 174 cm³/mol. The fourth-order valence-electron chi connectivity index (χ4n) is 5.65. The summed E-state index contributed by atoms with van der Waals surface area (Å²) in [5.41, 5.74) is 9.78. The molecule has 1 aliphatic heterocycles. The molecular formula is C34H43N5O4S. The molecule has 44 heavy (non-hydrogen) atoms. The number of rotatable bonds is 13. The summed E-state index contributed by atoms with van der Waals surface area (Å²) in [6, 6.07) is 20.7.